The molecule has 1 aromatic rings. The van der Waals surface area contributed by atoms with Crippen molar-refractivity contribution in [2.75, 3.05) is 11.6 Å². The van der Waals surface area contributed by atoms with E-state index in [1.54, 1.807) is 0 Å². The zero-order valence-electron chi connectivity index (χ0n) is 17.7. The van der Waals surface area contributed by atoms with Crippen LogP contribution in [0.4, 0.5) is 0 Å². The Bertz CT molecular complexity index is 777. The van der Waals surface area contributed by atoms with Gasteiger partial charge in [0.1, 0.15) is 0 Å². The second-order valence-electron chi connectivity index (χ2n) is 10.5. The Morgan fingerprint density at radius 3 is 2.33 bits per heavy atom. The van der Waals surface area contributed by atoms with E-state index in [1.165, 1.54) is 37.7 Å². The number of benzene rings is 1. The smallest absolute Gasteiger partial charge is 0.0819 e. The molecule has 0 amide bonds. The van der Waals surface area contributed by atoms with Gasteiger partial charge < -0.3 is 11.1 Å². The standard InChI is InChI=1S/C24H35ClN2S3/c25-10-11-30(29)20-12-23(17-4-2-1-3-5-17)13-21(30)15-24(14-20,16-23)22(28)27-19-8-6-18(26)7-9-19/h1-5,18-21,29H,6-16,26H2,(H,27,28). The summed E-state index contributed by atoms with van der Waals surface area (Å²) >= 11 is 17.9. The van der Waals surface area contributed by atoms with Crippen molar-refractivity contribution in [3.63, 3.8) is 0 Å². The molecule has 2 unspecified atom stereocenters. The lowest BCUT2D eigenvalue weighted by atomic mass is 9.52. The van der Waals surface area contributed by atoms with Crippen LogP contribution in [0.25, 0.3) is 0 Å². The number of halogens is 1. The Morgan fingerprint density at radius 2 is 1.73 bits per heavy atom. The van der Waals surface area contributed by atoms with Crippen LogP contribution in [0.2, 0.25) is 0 Å². The van der Waals surface area contributed by atoms with Gasteiger partial charge in [-0.25, -0.2) is 0 Å². The van der Waals surface area contributed by atoms with Gasteiger partial charge >= 0.3 is 0 Å². The lowest BCUT2D eigenvalue weighted by Crippen LogP contribution is -2.64. The maximum Gasteiger partial charge on any atom is 0.0819 e. The van der Waals surface area contributed by atoms with Crippen molar-refractivity contribution in [2.45, 2.75) is 85.8 Å². The van der Waals surface area contributed by atoms with Crippen LogP contribution in [-0.2, 0) is 5.41 Å². The van der Waals surface area contributed by atoms with Gasteiger partial charge in [-0.2, -0.15) is 9.06 Å². The van der Waals surface area contributed by atoms with Crippen molar-refractivity contribution in [1.29, 1.82) is 0 Å². The van der Waals surface area contributed by atoms with Crippen molar-refractivity contribution in [1.82, 2.24) is 5.32 Å². The van der Waals surface area contributed by atoms with E-state index in [-0.39, 0.29) is 10.8 Å². The normalized spacial score (nSPS) is 46.9. The van der Waals surface area contributed by atoms with Gasteiger partial charge in [0.25, 0.3) is 0 Å². The third-order valence-electron chi connectivity index (χ3n) is 8.68. The van der Waals surface area contributed by atoms with Crippen LogP contribution in [0.3, 0.4) is 0 Å². The number of thiol groups is 1. The third kappa shape index (κ3) is 3.55. The SMILES string of the molecule is NC1CCC(NC(=S)C23CC4CC(c5ccccc5)(CC(C2)S4(S)CCCl)C3)CC1. The van der Waals surface area contributed by atoms with Gasteiger partial charge in [-0.1, -0.05) is 42.5 Å². The first-order chi connectivity index (χ1) is 14.4. The molecule has 2 nitrogen and oxygen atoms in total. The number of hydrogen-bond acceptors (Lipinski definition) is 3. The Kier molecular flexibility index (Phi) is 5.93. The Balaban J connectivity index is 1.45. The molecule has 166 valence electrons. The minimum absolute atomic E-state index is 0.141. The molecule has 0 radical (unpaired) electrons. The molecule has 3 saturated carbocycles. The van der Waals surface area contributed by atoms with Gasteiger partial charge in [0, 0.05) is 23.4 Å². The Labute approximate surface area is 198 Å². The third-order valence-corrected chi connectivity index (χ3v) is 15.8. The summed E-state index contributed by atoms with van der Waals surface area (Å²) in [7, 11) is -0.975. The molecule has 2 atom stereocenters. The Hall–Kier alpha value is 0.0600. The second kappa shape index (κ2) is 8.13. The van der Waals surface area contributed by atoms with Gasteiger partial charge in [0.05, 0.1) is 4.99 Å². The van der Waals surface area contributed by atoms with E-state index in [9.17, 15) is 0 Å². The highest BCUT2D eigenvalue weighted by molar-refractivity contribution is 8.88. The summed E-state index contributed by atoms with van der Waals surface area (Å²) in [5.41, 5.74) is 8.07. The molecule has 6 rings (SSSR count). The molecule has 0 spiro atoms. The monoisotopic (exact) mass is 482 g/mol. The summed E-state index contributed by atoms with van der Waals surface area (Å²) in [6, 6.07) is 12.2. The fourth-order valence-electron chi connectivity index (χ4n) is 7.29. The van der Waals surface area contributed by atoms with Crippen molar-refractivity contribution >= 4 is 49.5 Å². The van der Waals surface area contributed by atoms with Gasteiger partial charge in [0.15, 0.2) is 0 Å². The minimum Gasteiger partial charge on any atom is -0.376 e. The molecule has 6 heteroatoms. The van der Waals surface area contributed by atoms with Crippen LogP contribution in [0.15, 0.2) is 30.3 Å². The van der Waals surface area contributed by atoms with Crippen molar-refractivity contribution in [3.8, 4) is 0 Å². The van der Waals surface area contributed by atoms with E-state index >= 15 is 0 Å². The molecule has 2 saturated heterocycles. The van der Waals surface area contributed by atoms with Crippen LogP contribution >= 0.6 is 44.5 Å². The Morgan fingerprint density at radius 1 is 1.10 bits per heavy atom. The molecule has 30 heavy (non-hydrogen) atoms. The molecular weight excluding hydrogens is 448 g/mol. The number of hydrogen-bond donors (Lipinski definition) is 3. The number of nitrogens with two attached hydrogens (primary N) is 1. The lowest BCUT2D eigenvalue weighted by Gasteiger charge is -2.70. The predicted octanol–water partition coefficient (Wildman–Crippen LogP) is 5.71. The molecule has 4 bridgehead atoms. The van der Waals surface area contributed by atoms with Gasteiger partial charge in [-0.05, 0) is 85.0 Å². The van der Waals surface area contributed by atoms with Gasteiger partial charge in [-0.15, -0.1) is 23.3 Å². The maximum atomic E-state index is 6.30. The molecule has 1 aromatic carbocycles. The summed E-state index contributed by atoms with van der Waals surface area (Å²) in [6.45, 7) is 0. The van der Waals surface area contributed by atoms with Crippen molar-refractivity contribution in [3.05, 3.63) is 35.9 Å². The first-order valence-electron chi connectivity index (χ1n) is 11.6. The number of thiocarbonyl (C=S) groups is 1. The van der Waals surface area contributed by atoms with Gasteiger partial charge in [0.2, 0.25) is 0 Å². The first kappa shape index (κ1) is 21.9. The fourth-order valence-corrected chi connectivity index (χ4v) is 13.8. The van der Waals surface area contributed by atoms with Crippen molar-refractivity contribution in [2.24, 2.45) is 11.1 Å². The first-order valence-corrected chi connectivity index (χ1v) is 15.5. The summed E-state index contributed by atoms with van der Waals surface area (Å²) < 4.78 is 0. The fraction of sp³-hybridized carbons (Fsp3) is 0.708. The molecule has 0 aromatic heterocycles. The second-order valence-corrected chi connectivity index (χ2v) is 16.6. The minimum atomic E-state index is -0.975. The average molecular weight is 483 g/mol. The topological polar surface area (TPSA) is 38.0 Å². The number of rotatable bonds is 5. The van der Waals surface area contributed by atoms with E-state index in [0.717, 1.165) is 42.3 Å². The summed E-state index contributed by atoms with van der Waals surface area (Å²) in [5.74, 6) is 1.83. The van der Waals surface area contributed by atoms with E-state index in [1.807, 2.05) is 0 Å². The maximum absolute atomic E-state index is 6.30. The molecule has 2 heterocycles. The average Bonchev–Trinajstić information content (AvgIpc) is 2.74. The van der Waals surface area contributed by atoms with Crippen LogP contribution in [-0.4, -0.2) is 39.2 Å². The van der Waals surface area contributed by atoms with Gasteiger partial charge in [-0.3, -0.25) is 0 Å². The van der Waals surface area contributed by atoms with E-state index in [2.05, 4.69) is 35.6 Å². The highest BCUT2D eigenvalue weighted by Gasteiger charge is 2.65. The molecule has 5 fully saturated rings. The highest BCUT2D eigenvalue weighted by Crippen LogP contribution is 2.79. The molecular formula is C24H35ClN2S3. The van der Waals surface area contributed by atoms with Crippen LogP contribution in [0.1, 0.15) is 63.4 Å². The van der Waals surface area contributed by atoms with E-state index in [4.69, 9.17) is 41.2 Å². The van der Waals surface area contributed by atoms with E-state index in [0.29, 0.717) is 22.6 Å². The van der Waals surface area contributed by atoms with E-state index < -0.39 is 9.06 Å². The zero-order valence-corrected chi connectivity index (χ0v) is 21.0. The van der Waals surface area contributed by atoms with Crippen LogP contribution < -0.4 is 11.1 Å². The quantitative estimate of drug-likeness (QED) is 0.217. The highest BCUT2D eigenvalue weighted by atomic mass is 35.5. The molecule has 5 aliphatic rings. The molecule has 2 aliphatic heterocycles. The van der Waals surface area contributed by atoms with Crippen LogP contribution in [0.5, 0.6) is 0 Å². The summed E-state index contributed by atoms with van der Waals surface area (Å²) in [6.07, 6.45) is 10.7. The summed E-state index contributed by atoms with van der Waals surface area (Å²) in [5, 5.41) is 5.19. The lowest BCUT2D eigenvalue weighted by molar-refractivity contribution is 0.0981. The summed E-state index contributed by atoms with van der Waals surface area (Å²) in [4.78, 5) is 1.15. The zero-order chi connectivity index (χ0) is 21.0. The number of nitrogens with one attached hydrogen (secondary N) is 1. The molecule has 3 aliphatic carbocycles. The predicted molar refractivity (Wildman–Crippen MR) is 139 cm³/mol. The molecule has 3 N–H and O–H groups in total. The van der Waals surface area contributed by atoms with Crippen LogP contribution in [0, 0.1) is 5.41 Å². The largest absolute Gasteiger partial charge is 0.376 e. The van der Waals surface area contributed by atoms with Crippen molar-refractivity contribution < 1.29 is 0 Å². The number of alkyl halides is 1.